The van der Waals surface area contributed by atoms with Gasteiger partial charge in [-0.1, -0.05) is 0 Å². The van der Waals surface area contributed by atoms with Gasteiger partial charge in [0.2, 0.25) is 5.91 Å². The van der Waals surface area contributed by atoms with E-state index < -0.39 is 0 Å². The minimum absolute atomic E-state index is 0.152. The molecule has 0 saturated carbocycles. The van der Waals surface area contributed by atoms with Gasteiger partial charge in [-0.05, 0) is 42.9 Å². The van der Waals surface area contributed by atoms with E-state index in [0.29, 0.717) is 6.54 Å². The average Bonchev–Trinajstić information content (AvgIpc) is 2.59. The molecule has 3 heteroatoms. The normalized spacial score (nSPS) is 30.1. The van der Waals surface area contributed by atoms with Crippen LogP contribution >= 0.6 is 0 Å². The molecule has 0 aromatic rings. The maximum atomic E-state index is 11.3. The summed E-state index contributed by atoms with van der Waals surface area (Å²) in [6, 6.07) is 0. The monoisotopic (exact) mass is 190 g/mol. The van der Waals surface area contributed by atoms with Gasteiger partial charge in [-0.3, -0.25) is 4.79 Å². The van der Waals surface area contributed by atoms with Crippen LogP contribution in [0.5, 0.6) is 0 Å². The van der Waals surface area contributed by atoms with Crippen molar-refractivity contribution < 1.29 is 4.79 Å². The average molecular weight is 190 g/mol. The number of rotatable bonds is 0. The number of nitrogens with one attached hydrogen (secondary N) is 1. The van der Waals surface area contributed by atoms with Crippen molar-refractivity contribution in [2.75, 3.05) is 6.54 Å². The summed E-state index contributed by atoms with van der Waals surface area (Å²) in [6.45, 7) is 0.526. The lowest BCUT2D eigenvalue weighted by Crippen LogP contribution is -2.37. The quantitative estimate of drug-likeness (QED) is 0.621. The number of hydrogen-bond donors (Lipinski definition) is 1. The van der Waals surface area contributed by atoms with Crippen LogP contribution in [0, 0.1) is 0 Å². The molecule has 2 aliphatic heterocycles. The van der Waals surface area contributed by atoms with Crippen molar-refractivity contribution in [1.29, 1.82) is 0 Å². The van der Waals surface area contributed by atoms with E-state index in [1.165, 1.54) is 30.4 Å². The summed E-state index contributed by atoms with van der Waals surface area (Å²) in [4.78, 5) is 13.4. The fourth-order valence-corrected chi connectivity index (χ4v) is 2.60. The third-order valence-electron chi connectivity index (χ3n) is 3.31. The molecule has 1 unspecified atom stereocenters. The highest BCUT2D eigenvalue weighted by molar-refractivity contribution is 5.81. The zero-order valence-electron chi connectivity index (χ0n) is 8.12. The summed E-state index contributed by atoms with van der Waals surface area (Å²) in [6.07, 6.45) is 9.34. The Morgan fingerprint density at radius 2 is 2.21 bits per heavy atom. The summed E-state index contributed by atoms with van der Waals surface area (Å²) in [5.41, 5.74) is 2.91. The highest BCUT2D eigenvalue weighted by Crippen LogP contribution is 2.33. The van der Waals surface area contributed by atoms with Gasteiger partial charge in [0.15, 0.2) is 0 Å². The van der Waals surface area contributed by atoms with E-state index in [1.54, 1.807) is 0 Å². The molecule has 1 atom stereocenters. The lowest BCUT2D eigenvalue weighted by Gasteiger charge is -2.32. The third-order valence-corrected chi connectivity index (χ3v) is 3.31. The molecule has 0 spiro atoms. The Kier molecular flexibility index (Phi) is 1.66. The standard InChI is InChI=1S/C11H14N2O/c14-10-7-13-6-5-8-3-1-2-4-9(8)11(13)12-10/h5-6,11H,1-4,7H2,(H,12,14). The van der Waals surface area contributed by atoms with E-state index in [0.717, 1.165) is 6.42 Å². The van der Waals surface area contributed by atoms with Crippen molar-refractivity contribution in [3.8, 4) is 0 Å². The predicted octanol–water partition coefficient (Wildman–Crippen LogP) is 1.14. The molecule has 0 radical (unpaired) electrons. The fraction of sp³-hybridized carbons (Fsp3) is 0.545. The van der Waals surface area contributed by atoms with Gasteiger partial charge in [0, 0.05) is 6.20 Å². The predicted molar refractivity (Wildman–Crippen MR) is 53.3 cm³/mol. The van der Waals surface area contributed by atoms with E-state index in [1.807, 2.05) is 0 Å². The van der Waals surface area contributed by atoms with Gasteiger partial charge in [0.1, 0.15) is 6.17 Å². The molecular formula is C11H14N2O. The van der Waals surface area contributed by atoms with Crippen LogP contribution in [0.4, 0.5) is 0 Å². The first-order valence-corrected chi connectivity index (χ1v) is 5.30. The number of carbonyl (C=O) groups excluding carboxylic acids is 1. The third kappa shape index (κ3) is 1.08. The molecule has 2 heterocycles. The summed E-state index contributed by atoms with van der Waals surface area (Å²) in [7, 11) is 0. The smallest absolute Gasteiger partial charge is 0.241 e. The topological polar surface area (TPSA) is 32.3 Å². The van der Waals surface area contributed by atoms with Crippen molar-refractivity contribution in [2.45, 2.75) is 31.8 Å². The molecule has 1 amide bonds. The Labute approximate surface area is 83.5 Å². The van der Waals surface area contributed by atoms with E-state index in [4.69, 9.17) is 0 Å². The molecule has 3 rings (SSSR count). The van der Waals surface area contributed by atoms with Gasteiger partial charge < -0.3 is 10.2 Å². The number of carbonyl (C=O) groups is 1. The maximum absolute atomic E-state index is 11.3. The first-order valence-electron chi connectivity index (χ1n) is 5.30. The van der Waals surface area contributed by atoms with E-state index in [9.17, 15) is 4.79 Å². The highest BCUT2D eigenvalue weighted by atomic mass is 16.2. The Bertz CT molecular complexity index is 343. The highest BCUT2D eigenvalue weighted by Gasteiger charge is 2.34. The fourth-order valence-electron chi connectivity index (χ4n) is 2.60. The van der Waals surface area contributed by atoms with Gasteiger partial charge in [0.25, 0.3) is 0 Å². The molecule has 0 aromatic carbocycles. The minimum atomic E-state index is 0.152. The molecule has 3 aliphatic rings. The van der Waals surface area contributed by atoms with Crippen LogP contribution in [-0.2, 0) is 4.79 Å². The number of allylic oxidation sites excluding steroid dienone is 2. The molecule has 0 bridgehead atoms. The Morgan fingerprint density at radius 1 is 1.36 bits per heavy atom. The van der Waals surface area contributed by atoms with E-state index >= 15 is 0 Å². The number of fused-ring (bicyclic) bond motifs is 2. The Hall–Kier alpha value is -1.25. The Balaban J connectivity index is 1.96. The summed E-state index contributed by atoms with van der Waals surface area (Å²) in [5.74, 6) is 0.152. The molecule has 3 nitrogen and oxygen atoms in total. The molecule has 1 N–H and O–H groups in total. The van der Waals surface area contributed by atoms with Gasteiger partial charge >= 0.3 is 0 Å². The molecule has 14 heavy (non-hydrogen) atoms. The molecule has 1 aliphatic carbocycles. The lowest BCUT2D eigenvalue weighted by atomic mass is 9.88. The first kappa shape index (κ1) is 8.09. The Morgan fingerprint density at radius 3 is 3.14 bits per heavy atom. The minimum Gasteiger partial charge on any atom is -0.345 e. The zero-order valence-corrected chi connectivity index (χ0v) is 8.12. The summed E-state index contributed by atoms with van der Waals surface area (Å²) < 4.78 is 0. The zero-order chi connectivity index (χ0) is 9.54. The van der Waals surface area contributed by atoms with Crippen molar-refractivity contribution in [3.05, 3.63) is 23.4 Å². The molecular weight excluding hydrogens is 176 g/mol. The van der Waals surface area contributed by atoms with Crippen LogP contribution in [0.15, 0.2) is 23.4 Å². The van der Waals surface area contributed by atoms with Gasteiger partial charge in [0.05, 0.1) is 6.54 Å². The summed E-state index contributed by atoms with van der Waals surface area (Å²) >= 11 is 0. The number of hydrogen-bond acceptors (Lipinski definition) is 2. The van der Waals surface area contributed by atoms with Crippen molar-refractivity contribution >= 4 is 5.91 Å². The number of amides is 1. The second-order valence-electron chi connectivity index (χ2n) is 4.22. The molecule has 0 aromatic heterocycles. The summed E-state index contributed by atoms with van der Waals surface area (Å²) in [5, 5.41) is 3.03. The maximum Gasteiger partial charge on any atom is 0.241 e. The van der Waals surface area contributed by atoms with Crippen LogP contribution in [0.1, 0.15) is 25.7 Å². The van der Waals surface area contributed by atoms with Crippen LogP contribution in [0.25, 0.3) is 0 Å². The van der Waals surface area contributed by atoms with Crippen LogP contribution in [-0.4, -0.2) is 23.5 Å². The SMILES string of the molecule is O=C1CN2C=CC3=C(CCCC3)C2N1. The van der Waals surface area contributed by atoms with E-state index in [2.05, 4.69) is 22.5 Å². The van der Waals surface area contributed by atoms with Crippen molar-refractivity contribution in [1.82, 2.24) is 10.2 Å². The van der Waals surface area contributed by atoms with Crippen LogP contribution < -0.4 is 5.32 Å². The molecule has 1 fully saturated rings. The first-order chi connectivity index (χ1) is 6.84. The van der Waals surface area contributed by atoms with Crippen molar-refractivity contribution in [2.24, 2.45) is 0 Å². The van der Waals surface area contributed by atoms with Crippen LogP contribution in [0.3, 0.4) is 0 Å². The van der Waals surface area contributed by atoms with Gasteiger partial charge in [-0.15, -0.1) is 0 Å². The largest absolute Gasteiger partial charge is 0.345 e. The van der Waals surface area contributed by atoms with E-state index in [-0.39, 0.29) is 12.1 Å². The van der Waals surface area contributed by atoms with Crippen molar-refractivity contribution in [3.63, 3.8) is 0 Å². The lowest BCUT2D eigenvalue weighted by molar-refractivity contribution is -0.118. The van der Waals surface area contributed by atoms with Crippen LogP contribution in [0.2, 0.25) is 0 Å². The second kappa shape index (κ2) is 2.87. The van der Waals surface area contributed by atoms with Gasteiger partial charge in [-0.25, -0.2) is 0 Å². The molecule has 74 valence electrons. The van der Waals surface area contributed by atoms with Gasteiger partial charge in [-0.2, -0.15) is 0 Å². The number of nitrogens with zero attached hydrogens (tertiary/aromatic N) is 1. The second-order valence-corrected chi connectivity index (χ2v) is 4.22. The molecule has 1 saturated heterocycles.